The molecule has 0 spiro atoms. The van der Waals surface area contributed by atoms with Gasteiger partial charge < -0.3 is 5.32 Å². The maximum atomic E-state index is 13.4. The molecule has 0 amide bonds. The molecule has 0 aliphatic heterocycles. The number of nitriles is 1. The topological polar surface area (TPSA) is 105 Å². The van der Waals surface area contributed by atoms with E-state index in [0.29, 0.717) is 15.8 Å². The van der Waals surface area contributed by atoms with E-state index in [9.17, 15) is 13.2 Å². The SMILES string of the molecule is C[C@H](Nc1ncnc2c(C(F)(F)F)cc(Cl)cc12)c1ncnn1-c1ncc(C#N)s1. The van der Waals surface area contributed by atoms with E-state index in [0.717, 1.165) is 23.7 Å². The number of aromatic nitrogens is 6. The molecule has 0 saturated heterocycles. The van der Waals surface area contributed by atoms with Crippen molar-refractivity contribution in [1.29, 1.82) is 5.26 Å². The van der Waals surface area contributed by atoms with Gasteiger partial charge in [-0.3, -0.25) is 0 Å². The second kappa shape index (κ2) is 7.51. The van der Waals surface area contributed by atoms with Crippen molar-refractivity contribution in [3.8, 4) is 11.2 Å². The second-order valence-electron chi connectivity index (χ2n) is 6.08. The summed E-state index contributed by atoms with van der Waals surface area (Å²) in [7, 11) is 0. The van der Waals surface area contributed by atoms with Crippen molar-refractivity contribution in [1.82, 2.24) is 29.7 Å². The Hall–Kier alpha value is -3.30. The molecule has 1 aromatic carbocycles. The number of hydrogen-bond acceptors (Lipinski definition) is 8. The smallest absolute Gasteiger partial charge is 0.360 e. The molecule has 0 bridgehead atoms. The van der Waals surface area contributed by atoms with Crippen LogP contribution >= 0.6 is 22.9 Å². The van der Waals surface area contributed by atoms with Crippen molar-refractivity contribution in [2.45, 2.75) is 19.1 Å². The number of hydrogen-bond donors (Lipinski definition) is 1. The van der Waals surface area contributed by atoms with Crippen LogP contribution in [-0.2, 0) is 6.18 Å². The largest absolute Gasteiger partial charge is 0.418 e. The third kappa shape index (κ3) is 3.64. The summed E-state index contributed by atoms with van der Waals surface area (Å²) in [6.45, 7) is 1.74. The van der Waals surface area contributed by atoms with E-state index in [2.05, 4.69) is 30.4 Å². The lowest BCUT2D eigenvalue weighted by Gasteiger charge is -2.17. The molecule has 3 aromatic heterocycles. The number of nitrogens with zero attached hydrogens (tertiary/aromatic N) is 7. The van der Waals surface area contributed by atoms with Gasteiger partial charge in [0.15, 0.2) is 5.82 Å². The predicted molar refractivity (Wildman–Crippen MR) is 103 cm³/mol. The molecular weight excluding hydrogens is 441 g/mol. The molecule has 0 fully saturated rings. The Labute approximate surface area is 176 Å². The molecule has 3 heterocycles. The fourth-order valence-electron chi connectivity index (χ4n) is 2.84. The van der Waals surface area contributed by atoms with Crippen LogP contribution in [0.25, 0.3) is 16.0 Å². The van der Waals surface area contributed by atoms with Crippen molar-refractivity contribution in [3.05, 3.63) is 52.3 Å². The zero-order valence-corrected chi connectivity index (χ0v) is 16.6. The highest BCUT2D eigenvalue weighted by molar-refractivity contribution is 7.14. The number of nitrogens with one attached hydrogen (secondary N) is 1. The Bertz CT molecular complexity index is 1280. The van der Waals surface area contributed by atoms with Crippen molar-refractivity contribution in [2.75, 3.05) is 5.32 Å². The van der Waals surface area contributed by atoms with E-state index in [1.807, 2.05) is 6.07 Å². The summed E-state index contributed by atoms with van der Waals surface area (Å²) >= 11 is 7.05. The highest BCUT2D eigenvalue weighted by Gasteiger charge is 2.34. The minimum atomic E-state index is -4.62. The van der Waals surface area contributed by atoms with Crippen molar-refractivity contribution < 1.29 is 13.2 Å². The molecule has 0 radical (unpaired) electrons. The lowest BCUT2D eigenvalue weighted by molar-refractivity contribution is -0.136. The van der Waals surface area contributed by atoms with Crippen LogP contribution in [0.3, 0.4) is 0 Å². The number of alkyl halides is 3. The van der Waals surface area contributed by atoms with Gasteiger partial charge in [-0.2, -0.15) is 28.2 Å². The van der Waals surface area contributed by atoms with Crippen LogP contribution in [-0.4, -0.2) is 29.7 Å². The van der Waals surface area contributed by atoms with Crippen LogP contribution in [0.5, 0.6) is 0 Å². The molecule has 0 aliphatic rings. The quantitative estimate of drug-likeness (QED) is 0.491. The molecular formula is C17H10ClF3N8S. The van der Waals surface area contributed by atoms with Gasteiger partial charge in [0.1, 0.15) is 29.4 Å². The zero-order valence-electron chi connectivity index (χ0n) is 15.0. The molecule has 152 valence electrons. The average Bonchev–Trinajstić information content (AvgIpc) is 3.36. The van der Waals surface area contributed by atoms with Gasteiger partial charge in [-0.05, 0) is 19.1 Å². The van der Waals surface area contributed by atoms with Crippen molar-refractivity contribution in [3.63, 3.8) is 0 Å². The van der Waals surface area contributed by atoms with E-state index in [-0.39, 0.29) is 21.7 Å². The summed E-state index contributed by atoms with van der Waals surface area (Å²) in [4.78, 5) is 16.6. The Kier molecular flexibility index (Phi) is 5.00. The summed E-state index contributed by atoms with van der Waals surface area (Å²) in [5, 5.41) is 16.6. The summed E-state index contributed by atoms with van der Waals surface area (Å²) in [5.74, 6) is 0.588. The maximum Gasteiger partial charge on any atom is 0.418 e. The highest BCUT2D eigenvalue weighted by atomic mass is 35.5. The van der Waals surface area contributed by atoms with Gasteiger partial charge in [0.2, 0.25) is 5.13 Å². The van der Waals surface area contributed by atoms with E-state index >= 15 is 0 Å². The van der Waals surface area contributed by atoms with Gasteiger partial charge in [-0.15, -0.1) is 0 Å². The van der Waals surface area contributed by atoms with Crippen molar-refractivity contribution in [2.24, 2.45) is 0 Å². The standard InChI is InChI=1S/C17H10ClF3N8S/c1-8(15-26-7-27-29(15)16-23-5-10(4-22)30-16)28-14-11-2-9(18)3-12(17(19,20)21)13(11)24-6-25-14/h2-3,5-8H,1H3,(H,24,25,28)/t8-/m0/s1. The lowest BCUT2D eigenvalue weighted by atomic mass is 10.1. The number of anilines is 1. The summed E-state index contributed by atoms with van der Waals surface area (Å²) < 4.78 is 41.6. The second-order valence-corrected chi connectivity index (χ2v) is 7.53. The first-order chi connectivity index (χ1) is 14.3. The van der Waals surface area contributed by atoms with Crippen LogP contribution in [0, 0.1) is 11.3 Å². The van der Waals surface area contributed by atoms with E-state index < -0.39 is 17.8 Å². The summed E-state index contributed by atoms with van der Waals surface area (Å²) in [6, 6.07) is 3.67. The third-order valence-corrected chi connectivity index (χ3v) is 5.20. The van der Waals surface area contributed by atoms with Crippen LogP contribution in [0.1, 0.15) is 29.2 Å². The number of thiazole rings is 1. The normalized spacial score (nSPS) is 12.7. The van der Waals surface area contributed by atoms with Crippen LogP contribution in [0.2, 0.25) is 5.02 Å². The summed E-state index contributed by atoms with van der Waals surface area (Å²) in [5.41, 5.74) is -1.21. The van der Waals surface area contributed by atoms with Crippen LogP contribution in [0.4, 0.5) is 19.0 Å². The van der Waals surface area contributed by atoms with Crippen molar-refractivity contribution >= 4 is 39.7 Å². The molecule has 8 nitrogen and oxygen atoms in total. The molecule has 30 heavy (non-hydrogen) atoms. The Morgan fingerprint density at radius 3 is 2.70 bits per heavy atom. The fraction of sp³-hybridized carbons (Fsp3) is 0.176. The van der Waals surface area contributed by atoms with Gasteiger partial charge in [0.05, 0.1) is 23.3 Å². The van der Waals surface area contributed by atoms with Gasteiger partial charge in [0, 0.05) is 10.4 Å². The lowest BCUT2D eigenvalue weighted by Crippen LogP contribution is -2.15. The minimum Gasteiger partial charge on any atom is -0.360 e. The van der Waals surface area contributed by atoms with Gasteiger partial charge in [0.25, 0.3) is 0 Å². The Morgan fingerprint density at radius 2 is 2.00 bits per heavy atom. The van der Waals surface area contributed by atoms with Gasteiger partial charge >= 0.3 is 6.18 Å². The molecule has 4 aromatic rings. The number of halogens is 4. The first-order valence-corrected chi connectivity index (χ1v) is 9.51. The monoisotopic (exact) mass is 450 g/mol. The third-order valence-electron chi connectivity index (χ3n) is 4.11. The molecule has 0 aliphatic carbocycles. The first-order valence-electron chi connectivity index (χ1n) is 8.32. The first kappa shape index (κ1) is 20.0. The molecule has 1 N–H and O–H groups in total. The molecule has 4 rings (SSSR count). The van der Waals surface area contributed by atoms with E-state index in [1.54, 1.807) is 6.92 Å². The number of rotatable bonds is 4. The fourth-order valence-corrected chi connectivity index (χ4v) is 3.74. The predicted octanol–water partition coefficient (Wildman–Crippen LogP) is 4.38. The Balaban J connectivity index is 1.73. The molecule has 1 atom stereocenters. The maximum absolute atomic E-state index is 13.4. The van der Waals surface area contributed by atoms with Crippen LogP contribution < -0.4 is 5.32 Å². The molecule has 0 saturated carbocycles. The van der Waals surface area contributed by atoms with E-state index in [4.69, 9.17) is 16.9 Å². The van der Waals surface area contributed by atoms with Crippen LogP contribution in [0.15, 0.2) is 31.0 Å². The number of fused-ring (bicyclic) bond motifs is 1. The Morgan fingerprint density at radius 1 is 1.20 bits per heavy atom. The summed E-state index contributed by atoms with van der Waals surface area (Å²) in [6.07, 6.45) is -0.838. The van der Waals surface area contributed by atoms with Gasteiger partial charge in [-0.25, -0.2) is 19.9 Å². The number of benzene rings is 1. The minimum absolute atomic E-state index is 0.0877. The highest BCUT2D eigenvalue weighted by Crippen LogP contribution is 2.38. The van der Waals surface area contributed by atoms with E-state index in [1.165, 1.54) is 23.3 Å². The zero-order chi connectivity index (χ0) is 21.5. The molecule has 13 heteroatoms. The molecule has 0 unspecified atom stereocenters. The average molecular weight is 451 g/mol. The van der Waals surface area contributed by atoms with Gasteiger partial charge in [-0.1, -0.05) is 22.9 Å².